The van der Waals surface area contributed by atoms with Crippen molar-refractivity contribution < 1.29 is 9.21 Å². The molecule has 2 nitrogen and oxygen atoms in total. The van der Waals surface area contributed by atoms with Gasteiger partial charge in [0.05, 0.1) is 0 Å². The van der Waals surface area contributed by atoms with Crippen LogP contribution in [-0.4, -0.2) is 6.29 Å². The summed E-state index contributed by atoms with van der Waals surface area (Å²) < 4.78 is 5.16. The molecular formula is C9H12O2. The van der Waals surface area contributed by atoms with Crippen molar-refractivity contribution in [3.63, 3.8) is 0 Å². The summed E-state index contributed by atoms with van der Waals surface area (Å²) in [5.74, 6) is 1.70. The number of carbonyl (C=O) groups excluding carboxylic acids is 1. The van der Waals surface area contributed by atoms with E-state index in [0.29, 0.717) is 11.7 Å². The summed E-state index contributed by atoms with van der Waals surface area (Å²) in [4.78, 5) is 10.3. The van der Waals surface area contributed by atoms with E-state index < -0.39 is 0 Å². The molecule has 0 saturated heterocycles. The maximum Gasteiger partial charge on any atom is 0.185 e. The van der Waals surface area contributed by atoms with E-state index in [0.717, 1.165) is 17.6 Å². The van der Waals surface area contributed by atoms with Crippen molar-refractivity contribution in [2.75, 3.05) is 0 Å². The predicted molar refractivity (Wildman–Crippen MR) is 42.9 cm³/mol. The number of hydrogen-bond acceptors (Lipinski definition) is 2. The van der Waals surface area contributed by atoms with Gasteiger partial charge in [-0.25, -0.2) is 0 Å². The first-order chi connectivity index (χ1) is 5.15. The Balaban J connectivity index is 3.06. The van der Waals surface area contributed by atoms with E-state index in [-0.39, 0.29) is 0 Å². The Morgan fingerprint density at radius 2 is 2.18 bits per heavy atom. The molecule has 0 unspecified atom stereocenters. The van der Waals surface area contributed by atoms with Crippen LogP contribution < -0.4 is 0 Å². The average molecular weight is 152 g/mol. The van der Waals surface area contributed by atoms with Gasteiger partial charge in [0.25, 0.3) is 0 Å². The fourth-order valence-corrected chi connectivity index (χ4v) is 1.15. The van der Waals surface area contributed by atoms with Crippen molar-refractivity contribution in [3.8, 4) is 0 Å². The van der Waals surface area contributed by atoms with Crippen molar-refractivity contribution in [2.24, 2.45) is 0 Å². The highest BCUT2D eigenvalue weighted by Gasteiger charge is 2.08. The molecule has 0 bridgehead atoms. The van der Waals surface area contributed by atoms with Crippen molar-refractivity contribution in [2.45, 2.75) is 26.7 Å². The van der Waals surface area contributed by atoms with E-state index in [1.54, 1.807) is 6.07 Å². The van der Waals surface area contributed by atoms with E-state index >= 15 is 0 Å². The minimum atomic E-state index is 0.422. The Morgan fingerprint density at radius 1 is 1.55 bits per heavy atom. The lowest BCUT2D eigenvalue weighted by Crippen LogP contribution is -1.84. The van der Waals surface area contributed by atoms with E-state index in [9.17, 15) is 4.79 Å². The topological polar surface area (TPSA) is 30.2 Å². The molecule has 0 aliphatic heterocycles. The van der Waals surface area contributed by atoms with Crippen LogP contribution in [0.4, 0.5) is 0 Å². The highest BCUT2D eigenvalue weighted by Crippen LogP contribution is 2.21. The average Bonchev–Trinajstić information content (AvgIpc) is 2.30. The summed E-state index contributed by atoms with van der Waals surface area (Å²) in [5, 5.41) is 0. The summed E-state index contributed by atoms with van der Waals surface area (Å²) in [7, 11) is 0. The molecule has 0 aromatic carbocycles. The number of aldehydes is 1. The number of carbonyl (C=O) groups is 1. The molecule has 0 aliphatic rings. The van der Waals surface area contributed by atoms with Gasteiger partial charge in [-0.2, -0.15) is 0 Å². The van der Waals surface area contributed by atoms with E-state index in [1.807, 2.05) is 6.92 Å². The van der Waals surface area contributed by atoms with Crippen molar-refractivity contribution in [3.05, 3.63) is 23.2 Å². The highest BCUT2D eigenvalue weighted by atomic mass is 16.3. The monoisotopic (exact) mass is 152 g/mol. The first-order valence-corrected chi connectivity index (χ1v) is 3.70. The zero-order chi connectivity index (χ0) is 8.43. The Bertz CT molecular complexity index is 259. The predicted octanol–water partition coefficient (Wildman–Crippen LogP) is 2.52. The van der Waals surface area contributed by atoms with Gasteiger partial charge in [0.1, 0.15) is 5.76 Å². The molecular weight excluding hydrogens is 140 g/mol. The van der Waals surface area contributed by atoms with Gasteiger partial charge in [0.15, 0.2) is 12.0 Å². The van der Waals surface area contributed by atoms with Crippen LogP contribution in [0.15, 0.2) is 10.5 Å². The molecule has 1 aromatic heterocycles. The molecule has 0 N–H and O–H groups in total. The normalized spacial score (nSPS) is 10.5. The van der Waals surface area contributed by atoms with E-state index in [4.69, 9.17) is 4.42 Å². The van der Waals surface area contributed by atoms with Crippen LogP contribution >= 0.6 is 0 Å². The number of rotatable bonds is 2. The van der Waals surface area contributed by atoms with Crippen LogP contribution in [0.5, 0.6) is 0 Å². The van der Waals surface area contributed by atoms with Crippen molar-refractivity contribution in [1.29, 1.82) is 0 Å². The molecule has 0 spiro atoms. The zero-order valence-corrected chi connectivity index (χ0v) is 7.05. The second kappa shape index (κ2) is 2.91. The summed E-state index contributed by atoms with van der Waals surface area (Å²) >= 11 is 0. The van der Waals surface area contributed by atoms with Gasteiger partial charge in [-0.1, -0.05) is 13.8 Å². The minimum Gasteiger partial charge on any atom is -0.458 e. The molecule has 60 valence electrons. The summed E-state index contributed by atoms with van der Waals surface area (Å²) in [6, 6.07) is 1.80. The number of hydrogen-bond donors (Lipinski definition) is 0. The number of aryl methyl sites for hydroxylation is 1. The Hall–Kier alpha value is -1.05. The van der Waals surface area contributed by atoms with Crippen LogP contribution in [0.1, 0.15) is 41.6 Å². The van der Waals surface area contributed by atoms with Crippen LogP contribution in [0.3, 0.4) is 0 Å². The molecule has 0 radical (unpaired) electrons. The maximum atomic E-state index is 10.3. The lowest BCUT2D eigenvalue weighted by atomic mass is 10.0. The largest absolute Gasteiger partial charge is 0.458 e. The quantitative estimate of drug-likeness (QED) is 0.609. The van der Waals surface area contributed by atoms with Crippen molar-refractivity contribution in [1.82, 2.24) is 0 Å². The molecule has 1 heterocycles. The van der Waals surface area contributed by atoms with Gasteiger partial charge in [0, 0.05) is 0 Å². The minimum absolute atomic E-state index is 0.422. The second-order valence-corrected chi connectivity index (χ2v) is 2.93. The third-order valence-corrected chi connectivity index (χ3v) is 1.71. The third-order valence-electron chi connectivity index (χ3n) is 1.71. The van der Waals surface area contributed by atoms with Gasteiger partial charge >= 0.3 is 0 Å². The Labute approximate surface area is 66.2 Å². The molecule has 0 atom stereocenters. The molecule has 0 saturated carbocycles. The van der Waals surface area contributed by atoms with Gasteiger partial charge < -0.3 is 4.42 Å². The SMILES string of the molecule is Cc1oc(C=O)cc1C(C)C. The summed E-state index contributed by atoms with van der Waals surface area (Å²) in [5.41, 5.74) is 1.12. The van der Waals surface area contributed by atoms with Crippen LogP contribution in [0, 0.1) is 6.92 Å². The van der Waals surface area contributed by atoms with Crippen LogP contribution in [0.25, 0.3) is 0 Å². The molecule has 11 heavy (non-hydrogen) atoms. The molecule has 0 amide bonds. The Morgan fingerprint density at radius 3 is 2.45 bits per heavy atom. The van der Waals surface area contributed by atoms with Crippen LogP contribution in [0.2, 0.25) is 0 Å². The lowest BCUT2D eigenvalue weighted by molar-refractivity contribution is 0.109. The second-order valence-electron chi connectivity index (χ2n) is 2.93. The molecule has 0 fully saturated rings. The Kier molecular flexibility index (Phi) is 2.13. The first-order valence-electron chi connectivity index (χ1n) is 3.70. The molecule has 0 aliphatic carbocycles. The third kappa shape index (κ3) is 1.50. The van der Waals surface area contributed by atoms with Gasteiger partial charge in [-0.3, -0.25) is 4.79 Å². The summed E-state index contributed by atoms with van der Waals surface area (Å²) in [6.45, 7) is 6.03. The van der Waals surface area contributed by atoms with Crippen molar-refractivity contribution >= 4 is 6.29 Å². The van der Waals surface area contributed by atoms with Gasteiger partial charge in [0.2, 0.25) is 0 Å². The van der Waals surface area contributed by atoms with E-state index in [2.05, 4.69) is 13.8 Å². The molecule has 2 heteroatoms. The maximum absolute atomic E-state index is 10.3. The fraction of sp³-hybridized carbons (Fsp3) is 0.444. The summed E-state index contributed by atoms with van der Waals surface area (Å²) in [6.07, 6.45) is 0.735. The molecule has 1 rings (SSSR count). The molecule has 1 aromatic rings. The fourth-order valence-electron chi connectivity index (χ4n) is 1.15. The standard InChI is InChI=1S/C9H12O2/c1-6(2)9-4-8(5-10)11-7(9)3/h4-6H,1-3H3. The highest BCUT2D eigenvalue weighted by molar-refractivity contribution is 5.71. The first kappa shape index (κ1) is 8.05. The smallest absolute Gasteiger partial charge is 0.185 e. The lowest BCUT2D eigenvalue weighted by Gasteiger charge is -1.99. The van der Waals surface area contributed by atoms with Gasteiger partial charge in [-0.15, -0.1) is 0 Å². The van der Waals surface area contributed by atoms with Crippen LogP contribution in [-0.2, 0) is 0 Å². The number of furan rings is 1. The van der Waals surface area contributed by atoms with Gasteiger partial charge in [-0.05, 0) is 24.5 Å². The zero-order valence-electron chi connectivity index (χ0n) is 7.05. The van der Waals surface area contributed by atoms with E-state index in [1.165, 1.54) is 0 Å².